The number of hydrogen-bond acceptors (Lipinski definition) is 4. The summed E-state index contributed by atoms with van der Waals surface area (Å²) in [6.07, 6.45) is 1.56. The van der Waals surface area contributed by atoms with Crippen molar-refractivity contribution in [1.29, 1.82) is 0 Å². The number of fused-ring (bicyclic) bond motifs is 1. The van der Waals surface area contributed by atoms with Gasteiger partial charge in [0.25, 0.3) is 5.56 Å². The Bertz CT molecular complexity index is 1380. The lowest BCUT2D eigenvalue weighted by atomic mass is 10.2. The first-order valence-corrected chi connectivity index (χ1v) is 11.4. The average molecular weight is 459 g/mol. The van der Waals surface area contributed by atoms with Crippen LogP contribution in [0.1, 0.15) is 36.2 Å². The van der Waals surface area contributed by atoms with Gasteiger partial charge in [-0.2, -0.15) is 0 Å². The summed E-state index contributed by atoms with van der Waals surface area (Å²) in [5, 5.41) is 3.41. The van der Waals surface area contributed by atoms with Gasteiger partial charge in [0.15, 0.2) is 5.65 Å². The third-order valence-electron chi connectivity index (χ3n) is 5.87. The normalized spacial score (nSPS) is 11.2. The standard InChI is InChI=1S/C27H30N4O3/c1-17(2)34-23-12-8-21(9-13-23)14-28-24(32)15-30-16-29-26-25(27(30)33)19(4)20(5)31(26)22-10-6-18(3)7-11-22/h6-13,16-17H,14-15H2,1-5H3,(H,28,32). The summed E-state index contributed by atoms with van der Waals surface area (Å²) in [6, 6.07) is 15.7. The molecule has 2 aromatic carbocycles. The van der Waals surface area contributed by atoms with Crippen molar-refractivity contribution >= 4 is 16.9 Å². The van der Waals surface area contributed by atoms with Crippen LogP contribution in [0, 0.1) is 20.8 Å². The second-order valence-electron chi connectivity index (χ2n) is 8.84. The zero-order chi connectivity index (χ0) is 24.4. The fraction of sp³-hybridized carbons (Fsp3) is 0.296. The molecule has 0 aliphatic heterocycles. The van der Waals surface area contributed by atoms with Crippen LogP contribution in [-0.4, -0.2) is 26.1 Å². The van der Waals surface area contributed by atoms with E-state index in [0.29, 0.717) is 17.6 Å². The first-order chi connectivity index (χ1) is 16.2. The minimum atomic E-state index is -0.252. The van der Waals surface area contributed by atoms with E-state index in [9.17, 15) is 9.59 Å². The van der Waals surface area contributed by atoms with Crippen molar-refractivity contribution in [3.8, 4) is 11.4 Å². The van der Waals surface area contributed by atoms with Gasteiger partial charge in [-0.15, -0.1) is 0 Å². The Labute approximate surface area is 199 Å². The van der Waals surface area contributed by atoms with Crippen molar-refractivity contribution in [2.75, 3.05) is 0 Å². The highest BCUT2D eigenvalue weighted by atomic mass is 16.5. The maximum atomic E-state index is 13.3. The lowest BCUT2D eigenvalue weighted by Gasteiger charge is -2.11. The predicted molar refractivity (Wildman–Crippen MR) is 134 cm³/mol. The second kappa shape index (κ2) is 9.55. The van der Waals surface area contributed by atoms with Gasteiger partial charge in [0.2, 0.25) is 5.91 Å². The molecule has 0 bridgehead atoms. The van der Waals surface area contributed by atoms with Crippen LogP contribution in [0.4, 0.5) is 0 Å². The summed E-state index contributed by atoms with van der Waals surface area (Å²) in [6.45, 7) is 10.2. The van der Waals surface area contributed by atoms with Crippen molar-refractivity contribution in [1.82, 2.24) is 19.4 Å². The molecule has 0 radical (unpaired) electrons. The molecule has 34 heavy (non-hydrogen) atoms. The molecule has 1 N–H and O–H groups in total. The first-order valence-electron chi connectivity index (χ1n) is 11.4. The van der Waals surface area contributed by atoms with Crippen molar-refractivity contribution in [2.45, 2.75) is 53.8 Å². The summed E-state index contributed by atoms with van der Waals surface area (Å²) >= 11 is 0. The van der Waals surface area contributed by atoms with Gasteiger partial charge in [0, 0.05) is 17.9 Å². The van der Waals surface area contributed by atoms with Crippen LogP contribution in [0.5, 0.6) is 5.75 Å². The molecule has 0 atom stereocenters. The molecule has 176 valence electrons. The van der Waals surface area contributed by atoms with Gasteiger partial charge in [-0.1, -0.05) is 29.8 Å². The zero-order valence-electron chi connectivity index (χ0n) is 20.3. The number of carbonyl (C=O) groups excluding carboxylic acids is 1. The molecule has 2 aromatic heterocycles. The van der Waals surface area contributed by atoms with E-state index in [1.54, 1.807) is 0 Å². The molecule has 7 heteroatoms. The lowest BCUT2D eigenvalue weighted by Crippen LogP contribution is -2.32. The molecule has 4 aromatic rings. The SMILES string of the molecule is Cc1ccc(-n2c(C)c(C)c3c(=O)n(CC(=O)NCc4ccc(OC(C)C)cc4)cnc32)cc1. The monoisotopic (exact) mass is 458 g/mol. The van der Waals surface area contributed by atoms with Crippen LogP contribution < -0.4 is 15.6 Å². The number of aryl methyl sites for hydroxylation is 2. The van der Waals surface area contributed by atoms with Gasteiger partial charge in [-0.3, -0.25) is 18.7 Å². The number of amides is 1. The largest absolute Gasteiger partial charge is 0.491 e. The highest BCUT2D eigenvalue weighted by molar-refractivity contribution is 5.83. The number of ether oxygens (including phenoxy) is 1. The molecular formula is C27H30N4O3. The summed E-state index contributed by atoms with van der Waals surface area (Å²) in [5.74, 6) is 0.539. The quantitative estimate of drug-likeness (QED) is 0.450. The summed E-state index contributed by atoms with van der Waals surface area (Å²) in [5.41, 5.74) is 5.27. The smallest absolute Gasteiger partial charge is 0.263 e. The van der Waals surface area contributed by atoms with Crippen molar-refractivity contribution in [3.05, 3.63) is 87.6 Å². The van der Waals surface area contributed by atoms with Gasteiger partial charge in [-0.05, 0) is 70.0 Å². The van der Waals surface area contributed by atoms with E-state index in [0.717, 1.165) is 33.8 Å². The molecule has 0 aliphatic carbocycles. The van der Waals surface area contributed by atoms with E-state index in [-0.39, 0.29) is 24.1 Å². The van der Waals surface area contributed by atoms with Crippen LogP contribution in [0.2, 0.25) is 0 Å². The van der Waals surface area contributed by atoms with Crippen molar-refractivity contribution in [3.63, 3.8) is 0 Å². The molecule has 0 unspecified atom stereocenters. The molecule has 0 aliphatic rings. The minimum absolute atomic E-state index is 0.0927. The molecule has 4 rings (SSSR count). The third-order valence-corrected chi connectivity index (χ3v) is 5.87. The number of aromatic nitrogens is 3. The highest BCUT2D eigenvalue weighted by Crippen LogP contribution is 2.25. The van der Waals surface area contributed by atoms with Crippen LogP contribution in [0.25, 0.3) is 16.7 Å². The van der Waals surface area contributed by atoms with Crippen LogP contribution in [0.3, 0.4) is 0 Å². The number of carbonyl (C=O) groups is 1. The fourth-order valence-electron chi connectivity index (χ4n) is 3.98. The number of nitrogens with one attached hydrogen (secondary N) is 1. The molecule has 2 heterocycles. The van der Waals surface area contributed by atoms with Gasteiger partial charge < -0.3 is 10.1 Å². The van der Waals surface area contributed by atoms with Crippen LogP contribution >= 0.6 is 0 Å². The molecule has 7 nitrogen and oxygen atoms in total. The number of rotatable bonds is 7. The highest BCUT2D eigenvalue weighted by Gasteiger charge is 2.18. The maximum Gasteiger partial charge on any atom is 0.263 e. The van der Waals surface area contributed by atoms with Crippen molar-refractivity contribution in [2.24, 2.45) is 0 Å². The molecule has 0 saturated carbocycles. The van der Waals surface area contributed by atoms with Gasteiger partial charge in [0.05, 0.1) is 11.5 Å². The summed E-state index contributed by atoms with van der Waals surface area (Å²) in [4.78, 5) is 30.4. The van der Waals surface area contributed by atoms with Gasteiger partial charge in [0.1, 0.15) is 18.6 Å². The Hall–Kier alpha value is -3.87. The summed E-state index contributed by atoms with van der Waals surface area (Å²) < 4.78 is 8.99. The molecule has 1 amide bonds. The minimum Gasteiger partial charge on any atom is -0.491 e. The predicted octanol–water partition coefficient (Wildman–Crippen LogP) is 4.22. The molecule has 0 saturated heterocycles. The van der Waals surface area contributed by atoms with Crippen LogP contribution in [0.15, 0.2) is 59.7 Å². The first kappa shape index (κ1) is 23.3. The summed E-state index contributed by atoms with van der Waals surface area (Å²) in [7, 11) is 0. The average Bonchev–Trinajstić information content (AvgIpc) is 3.06. The number of hydrogen-bond donors (Lipinski definition) is 1. The van der Waals surface area contributed by atoms with E-state index in [1.807, 2.05) is 87.7 Å². The molecule has 0 spiro atoms. The van der Waals surface area contributed by atoms with E-state index >= 15 is 0 Å². The van der Waals surface area contributed by atoms with Crippen molar-refractivity contribution < 1.29 is 9.53 Å². The van der Waals surface area contributed by atoms with Gasteiger partial charge in [-0.25, -0.2) is 4.98 Å². The second-order valence-corrected chi connectivity index (χ2v) is 8.84. The molecule has 0 fully saturated rings. The topological polar surface area (TPSA) is 78.2 Å². The Morgan fingerprint density at radius 3 is 2.35 bits per heavy atom. The lowest BCUT2D eigenvalue weighted by molar-refractivity contribution is -0.121. The Balaban J connectivity index is 1.52. The van der Waals surface area contributed by atoms with Gasteiger partial charge >= 0.3 is 0 Å². The third kappa shape index (κ3) is 4.73. The van der Waals surface area contributed by atoms with Crippen LogP contribution in [-0.2, 0) is 17.9 Å². The Morgan fingerprint density at radius 1 is 1.03 bits per heavy atom. The Morgan fingerprint density at radius 2 is 1.71 bits per heavy atom. The number of benzene rings is 2. The number of nitrogens with zero attached hydrogens (tertiary/aromatic N) is 3. The molecular weight excluding hydrogens is 428 g/mol. The Kier molecular flexibility index (Phi) is 6.54. The van der Waals surface area contributed by atoms with E-state index in [1.165, 1.54) is 10.9 Å². The van der Waals surface area contributed by atoms with E-state index in [2.05, 4.69) is 10.3 Å². The zero-order valence-corrected chi connectivity index (χ0v) is 20.3. The van der Waals surface area contributed by atoms with E-state index < -0.39 is 0 Å². The maximum absolute atomic E-state index is 13.3. The van der Waals surface area contributed by atoms with E-state index in [4.69, 9.17) is 4.74 Å². The fourth-order valence-corrected chi connectivity index (χ4v) is 3.98.